The molecule has 0 N–H and O–H groups in total. The van der Waals surface area contributed by atoms with Gasteiger partial charge < -0.3 is 4.74 Å². The number of hydrogen-bond acceptors (Lipinski definition) is 1. The summed E-state index contributed by atoms with van der Waals surface area (Å²) in [4.78, 5) is 0. The molecule has 0 unspecified atom stereocenters. The summed E-state index contributed by atoms with van der Waals surface area (Å²) in [5.41, 5.74) is 1.29. The van der Waals surface area contributed by atoms with Crippen LogP contribution in [0.2, 0.25) is 0 Å². The van der Waals surface area contributed by atoms with E-state index in [1.165, 1.54) is 5.56 Å². The van der Waals surface area contributed by atoms with Crippen molar-refractivity contribution in [3.63, 3.8) is 0 Å². The van der Waals surface area contributed by atoms with Gasteiger partial charge in [-0.05, 0) is 19.4 Å². The molecule has 0 radical (unpaired) electrons. The Morgan fingerprint density at radius 2 is 1.82 bits per heavy atom. The summed E-state index contributed by atoms with van der Waals surface area (Å²) in [5, 5.41) is 0. The number of benzene rings is 1. The average molecular weight is 148 g/mol. The Kier molecular flexibility index (Phi) is 1.30. The van der Waals surface area contributed by atoms with Crippen LogP contribution >= 0.6 is 0 Å². The van der Waals surface area contributed by atoms with Crippen molar-refractivity contribution in [2.45, 2.75) is 25.6 Å². The van der Waals surface area contributed by atoms with E-state index in [1.54, 1.807) is 0 Å². The summed E-state index contributed by atoms with van der Waals surface area (Å²) < 4.78 is 5.49. The highest BCUT2D eigenvalue weighted by molar-refractivity contribution is 5.27. The van der Waals surface area contributed by atoms with Crippen molar-refractivity contribution in [1.82, 2.24) is 0 Å². The Hall–Kier alpha value is -0.820. The summed E-state index contributed by atoms with van der Waals surface area (Å²) >= 11 is 0. The maximum absolute atomic E-state index is 5.49. The van der Waals surface area contributed by atoms with Crippen LogP contribution in [0.25, 0.3) is 0 Å². The van der Waals surface area contributed by atoms with Crippen molar-refractivity contribution < 1.29 is 4.74 Å². The van der Waals surface area contributed by atoms with Crippen LogP contribution in [0.1, 0.15) is 19.4 Å². The van der Waals surface area contributed by atoms with Crippen LogP contribution in [0.3, 0.4) is 0 Å². The molecule has 1 aromatic carbocycles. The fourth-order valence-electron chi connectivity index (χ4n) is 1.41. The minimum Gasteiger partial charge on any atom is -0.362 e. The third kappa shape index (κ3) is 0.962. The van der Waals surface area contributed by atoms with Gasteiger partial charge in [0.15, 0.2) is 0 Å². The monoisotopic (exact) mass is 148 g/mol. The first kappa shape index (κ1) is 6.86. The Balaban J connectivity index is 2.32. The second-order valence-electron chi connectivity index (χ2n) is 3.23. The SMILES string of the molecule is C[C@@H]1O[C@]1(C)c1ccccc1. The average Bonchev–Trinajstić information content (AvgIpc) is 2.64. The normalized spacial score (nSPS) is 35.3. The van der Waals surface area contributed by atoms with Gasteiger partial charge in [0.1, 0.15) is 5.60 Å². The Labute approximate surface area is 67.0 Å². The largest absolute Gasteiger partial charge is 0.362 e. The molecule has 1 heteroatoms. The predicted octanol–water partition coefficient (Wildman–Crippen LogP) is 2.32. The van der Waals surface area contributed by atoms with E-state index in [4.69, 9.17) is 4.74 Å². The molecule has 1 heterocycles. The highest BCUT2D eigenvalue weighted by Crippen LogP contribution is 2.45. The predicted molar refractivity (Wildman–Crippen MR) is 44.3 cm³/mol. The number of epoxide rings is 1. The van der Waals surface area contributed by atoms with Crippen molar-refractivity contribution in [2.24, 2.45) is 0 Å². The standard InChI is InChI=1S/C10H12O/c1-8-10(2,11-8)9-6-4-3-5-7-9/h3-8H,1-2H3/t8-,10-/m0/s1. The first-order chi connectivity index (χ1) is 5.23. The van der Waals surface area contributed by atoms with Crippen LogP contribution in [-0.4, -0.2) is 6.10 Å². The van der Waals surface area contributed by atoms with Crippen molar-refractivity contribution in [2.75, 3.05) is 0 Å². The van der Waals surface area contributed by atoms with Crippen LogP contribution in [0.5, 0.6) is 0 Å². The zero-order chi connectivity index (χ0) is 7.90. The molecule has 11 heavy (non-hydrogen) atoms. The molecule has 1 aromatic rings. The second-order valence-corrected chi connectivity index (χ2v) is 3.23. The Bertz CT molecular complexity index is 255. The lowest BCUT2D eigenvalue weighted by Crippen LogP contribution is -2.04. The summed E-state index contributed by atoms with van der Waals surface area (Å²) in [6.07, 6.45) is 0.380. The van der Waals surface area contributed by atoms with Gasteiger partial charge in [0.05, 0.1) is 6.10 Å². The Morgan fingerprint density at radius 1 is 1.27 bits per heavy atom. The molecule has 2 atom stereocenters. The van der Waals surface area contributed by atoms with Gasteiger partial charge in [0, 0.05) is 0 Å². The third-order valence-corrected chi connectivity index (χ3v) is 2.49. The molecule has 0 amide bonds. The first-order valence-electron chi connectivity index (χ1n) is 3.97. The van der Waals surface area contributed by atoms with E-state index in [-0.39, 0.29) is 5.60 Å². The van der Waals surface area contributed by atoms with Gasteiger partial charge in [-0.25, -0.2) is 0 Å². The van der Waals surface area contributed by atoms with Gasteiger partial charge in [-0.2, -0.15) is 0 Å². The van der Waals surface area contributed by atoms with Crippen LogP contribution in [-0.2, 0) is 10.3 Å². The molecule has 1 saturated heterocycles. The number of ether oxygens (including phenoxy) is 1. The van der Waals surface area contributed by atoms with Gasteiger partial charge in [-0.3, -0.25) is 0 Å². The Morgan fingerprint density at radius 3 is 2.27 bits per heavy atom. The van der Waals surface area contributed by atoms with Gasteiger partial charge in [-0.15, -0.1) is 0 Å². The lowest BCUT2D eigenvalue weighted by molar-refractivity contribution is 0.316. The lowest BCUT2D eigenvalue weighted by atomic mass is 9.98. The first-order valence-corrected chi connectivity index (χ1v) is 3.97. The molecule has 1 aliphatic rings. The van der Waals surface area contributed by atoms with Crippen LogP contribution in [0.4, 0.5) is 0 Å². The minimum absolute atomic E-state index is 0.00125. The number of hydrogen-bond donors (Lipinski definition) is 0. The smallest absolute Gasteiger partial charge is 0.117 e. The van der Waals surface area contributed by atoms with Crippen molar-refractivity contribution in [1.29, 1.82) is 0 Å². The fraction of sp³-hybridized carbons (Fsp3) is 0.400. The van der Waals surface area contributed by atoms with E-state index >= 15 is 0 Å². The van der Waals surface area contributed by atoms with E-state index < -0.39 is 0 Å². The van der Waals surface area contributed by atoms with Gasteiger partial charge in [0.2, 0.25) is 0 Å². The molecular weight excluding hydrogens is 136 g/mol. The molecule has 0 aliphatic carbocycles. The molecule has 0 spiro atoms. The van der Waals surface area contributed by atoms with Crippen LogP contribution in [0, 0.1) is 0 Å². The molecule has 0 aromatic heterocycles. The molecule has 1 fully saturated rings. The van der Waals surface area contributed by atoms with Gasteiger partial charge >= 0.3 is 0 Å². The summed E-state index contributed by atoms with van der Waals surface area (Å²) in [5.74, 6) is 0. The van der Waals surface area contributed by atoms with Crippen LogP contribution in [0.15, 0.2) is 30.3 Å². The van der Waals surface area contributed by atoms with E-state index in [0.717, 1.165) is 0 Å². The number of rotatable bonds is 1. The quantitative estimate of drug-likeness (QED) is 0.557. The molecule has 2 rings (SSSR count). The van der Waals surface area contributed by atoms with Gasteiger partial charge in [-0.1, -0.05) is 30.3 Å². The molecule has 0 saturated carbocycles. The van der Waals surface area contributed by atoms with Crippen LogP contribution < -0.4 is 0 Å². The lowest BCUT2D eigenvalue weighted by Gasteiger charge is -2.03. The summed E-state index contributed by atoms with van der Waals surface area (Å²) in [6, 6.07) is 10.4. The second kappa shape index (κ2) is 2.08. The van der Waals surface area contributed by atoms with E-state index in [2.05, 4.69) is 38.1 Å². The third-order valence-electron chi connectivity index (χ3n) is 2.49. The molecule has 58 valence electrons. The maximum Gasteiger partial charge on any atom is 0.117 e. The maximum atomic E-state index is 5.49. The van der Waals surface area contributed by atoms with Crippen molar-refractivity contribution in [3.05, 3.63) is 35.9 Å². The van der Waals surface area contributed by atoms with Crippen molar-refractivity contribution in [3.8, 4) is 0 Å². The topological polar surface area (TPSA) is 12.5 Å². The molecule has 1 aliphatic heterocycles. The van der Waals surface area contributed by atoms with E-state index in [9.17, 15) is 0 Å². The zero-order valence-electron chi connectivity index (χ0n) is 6.87. The zero-order valence-corrected chi connectivity index (χ0v) is 6.87. The van der Waals surface area contributed by atoms with E-state index in [1.807, 2.05) is 6.07 Å². The van der Waals surface area contributed by atoms with E-state index in [0.29, 0.717) is 6.10 Å². The fourth-order valence-corrected chi connectivity index (χ4v) is 1.41. The van der Waals surface area contributed by atoms with Gasteiger partial charge in [0.25, 0.3) is 0 Å². The molecular formula is C10H12O. The van der Waals surface area contributed by atoms with Crippen molar-refractivity contribution >= 4 is 0 Å². The molecule has 1 nitrogen and oxygen atoms in total. The summed E-state index contributed by atoms with van der Waals surface area (Å²) in [7, 11) is 0. The summed E-state index contributed by atoms with van der Waals surface area (Å²) in [6.45, 7) is 4.24. The minimum atomic E-state index is 0.00125. The highest BCUT2D eigenvalue weighted by atomic mass is 16.6. The highest BCUT2D eigenvalue weighted by Gasteiger charge is 2.49. The molecule has 0 bridgehead atoms.